The summed E-state index contributed by atoms with van der Waals surface area (Å²) in [5.41, 5.74) is -0.00691. The van der Waals surface area contributed by atoms with Gasteiger partial charge in [0.1, 0.15) is 18.6 Å². The minimum Gasteiger partial charge on any atom is -0.461 e. The molecule has 4 aliphatic rings. The van der Waals surface area contributed by atoms with Crippen molar-refractivity contribution in [2.24, 2.45) is 5.92 Å². The molecular weight excluding hydrogens is 592 g/mol. The van der Waals surface area contributed by atoms with Crippen LogP contribution in [0.15, 0.2) is 60.7 Å². The van der Waals surface area contributed by atoms with Crippen LogP contribution in [0.4, 0.5) is 0 Å². The van der Waals surface area contributed by atoms with Crippen LogP contribution in [0, 0.1) is 5.92 Å². The molecule has 3 unspecified atom stereocenters. The highest BCUT2D eigenvalue weighted by Crippen LogP contribution is 2.44. The Kier molecular flexibility index (Phi) is 11.2. The molecule has 47 heavy (non-hydrogen) atoms. The van der Waals surface area contributed by atoms with E-state index >= 15 is 0 Å². The Labute approximate surface area is 281 Å². The molecule has 2 N–H and O–H groups in total. The maximum Gasteiger partial charge on any atom is 0.343 e. The number of esters is 2. The van der Waals surface area contributed by atoms with E-state index in [1.54, 1.807) is 0 Å². The SMILES string of the molecule is CC(C)[N+]1(C)[C@@H]2CC[C@H]1CC(OC(=O)C(CO)c1ccccc1)C2.C[N+]1(C)CC[C@@H](OC(=O)[C@](O)(c2ccccc2)C2CCCC2)C1. The van der Waals surface area contributed by atoms with Crippen molar-refractivity contribution in [3.8, 4) is 0 Å². The van der Waals surface area contributed by atoms with Gasteiger partial charge in [0.25, 0.3) is 0 Å². The molecule has 6 rings (SSSR count). The summed E-state index contributed by atoms with van der Waals surface area (Å²) >= 11 is 0. The first kappa shape index (κ1) is 35.5. The van der Waals surface area contributed by atoms with Crippen molar-refractivity contribution in [2.45, 2.75) is 113 Å². The normalized spacial score (nSPS) is 30.2. The zero-order chi connectivity index (χ0) is 33.8. The van der Waals surface area contributed by atoms with Crippen LogP contribution in [0.2, 0.25) is 0 Å². The van der Waals surface area contributed by atoms with Crippen LogP contribution in [0.3, 0.4) is 0 Å². The predicted octanol–water partition coefficient (Wildman–Crippen LogP) is 5.31. The second kappa shape index (κ2) is 14.8. The van der Waals surface area contributed by atoms with Gasteiger partial charge in [-0.3, -0.25) is 4.79 Å². The second-order valence-electron chi connectivity index (χ2n) is 15.6. The average Bonchev–Trinajstić information content (AvgIpc) is 3.75. The van der Waals surface area contributed by atoms with Gasteiger partial charge in [0.15, 0.2) is 11.7 Å². The van der Waals surface area contributed by atoms with Gasteiger partial charge in [0.05, 0.1) is 52.4 Å². The number of ether oxygens (including phenoxy) is 2. The fourth-order valence-electron chi connectivity index (χ4n) is 8.94. The number of likely N-dealkylation sites (N-methyl/N-ethyl adjacent to an activating group) is 1. The molecule has 4 fully saturated rings. The van der Waals surface area contributed by atoms with E-state index in [9.17, 15) is 19.8 Å². The number of hydrogen-bond acceptors (Lipinski definition) is 6. The Balaban J connectivity index is 0.000000185. The first-order valence-electron chi connectivity index (χ1n) is 17.9. The van der Waals surface area contributed by atoms with E-state index in [1.165, 1.54) is 12.8 Å². The van der Waals surface area contributed by atoms with Gasteiger partial charge in [-0.2, -0.15) is 0 Å². The van der Waals surface area contributed by atoms with Crippen LogP contribution in [-0.2, 0) is 24.7 Å². The molecule has 8 nitrogen and oxygen atoms in total. The highest BCUT2D eigenvalue weighted by Gasteiger charge is 2.54. The molecule has 3 heterocycles. The van der Waals surface area contributed by atoms with Gasteiger partial charge in [-0.25, -0.2) is 4.79 Å². The van der Waals surface area contributed by atoms with Crippen LogP contribution in [0.25, 0.3) is 0 Å². The summed E-state index contributed by atoms with van der Waals surface area (Å²) < 4.78 is 13.6. The third-order valence-corrected chi connectivity index (χ3v) is 12.0. The van der Waals surface area contributed by atoms with Gasteiger partial charge in [0.2, 0.25) is 0 Å². The monoisotopic (exact) mass is 650 g/mol. The van der Waals surface area contributed by atoms with Crippen LogP contribution >= 0.6 is 0 Å². The molecule has 3 saturated heterocycles. The fourth-order valence-corrected chi connectivity index (χ4v) is 8.94. The quantitative estimate of drug-likeness (QED) is 0.282. The van der Waals surface area contributed by atoms with Gasteiger partial charge in [0, 0.05) is 38.0 Å². The fraction of sp³-hybridized carbons (Fsp3) is 0.641. The molecule has 2 aromatic rings. The molecule has 0 radical (unpaired) electrons. The Morgan fingerprint density at radius 3 is 1.91 bits per heavy atom. The summed E-state index contributed by atoms with van der Waals surface area (Å²) in [7, 11) is 6.66. The summed E-state index contributed by atoms with van der Waals surface area (Å²) in [4.78, 5) is 25.5. The number of quaternary nitrogens is 2. The molecule has 0 spiro atoms. The molecule has 0 aromatic heterocycles. The Bertz CT molecular complexity index is 1310. The molecule has 2 bridgehead atoms. The smallest absolute Gasteiger partial charge is 0.343 e. The lowest BCUT2D eigenvalue weighted by molar-refractivity contribution is -0.968. The molecule has 1 aliphatic carbocycles. The largest absolute Gasteiger partial charge is 0.461 e. The van der Waals surface area contributed by atoms with E-state index in [4.69, 9.17) is 9.47 Å². The highest BCUT2D eigenvalue weighted by molar-refractivity contribution is 5.82. The lowest BCUT2D eigenvalue weighted by Crippen LogP contribution is -2.62. The Hall–Kier alpha value is -2.78. The summed E-state index contributed by atoms with van der Waals surface area (Å²) in [5, 5.41) is 21.0. The van der Waals surface area contributed by atoms with Gasteiger partial charge in [-0.05, 0) is 37.8 Å². The first-order chi connectivity index (χ1) is 22.4. The van der Waals surface area contributed by atoms with Crippen molar-refractivity contribution in [3.63, 3.8) is 0 Å². The van der Waals surface area contributed by atoms with E-state index in [1.807, 2.05) is 60.7 Å². The van der Waals surface area contributed by atoms with E-state index < -0.39 is 17.5 Å². The zero-order valence-corrected chi connectivity index (χ0v) is 29.2. The summed E-state index contributed by atoms with van der Waals surface area (Å²) in [6.07, 6.45) is 9.04. The number of hydrogen-bond donors (Lipinski definition) is 2. The van der Waals surface area contributed by atoms with Crippen molar-refractivity contribution in [1.29, 1.82) is 0 Å². The molecule has 258 valence electrons. The number of aliphatic hydroxyl groups excluding tert-OH is 1. The van der Waals surface area contributed by atoms with Crippen LogP contribution in [-0.4, -0.2) is 102 Å². The third kappa shape index (κ3) is 7.61. The van der Waals surface area contributed by atoms with Crippen LogP contribution in [0.1, 0.15) is 88.7 Å². The standard InChI is InChI=1S/C20H30NO3.C19H28NO3/c1-14(2)21(3)16-9-10-17(21)12-18(11-16)24-20(23)19(13-22)15-7-5-4-6-8-15;1-20(2)13-12-17(14-20)23-18(21)19(22,16-10-6-7-11-16)15-8-4-3-5-9-15/h4-8,14,16-19,22H,9-13H2,1-3H3;3-5,8-9,16-17,22H,6-7,10-14H2,1-2H3/q2*+1/t16-,17+,18?,19?,21?;17-,19+/m.1/s1. The summed E-state index contributed by atoms with van der Waals surface area (Å²) in [5.74, 6) is -1.35. The van der Waals surface area contributed by atoms with Crippen molar-refractivity contribution in [1.82, 2.24) is 0 Å². The number of piperidine rings is 1. The Morgan fingerprint density at radius 2 is 1.40 bits per heavy atom. The molecular formula is C39H58N2O6+2. The van der Waals surface area contributed by atoms with E-state index in [0.717, 1.165) is 72.6 Å². The molecule has 2 aromatic carbocycles. The maximum atomic E-state index is 12.9. The number of carbonyl (C=O) groups is 2. The number of rotatable bonds is 9. The van der Waals surface area contributed by atoms with Crippen molar-refractivity contribution in [3.05, 3.63) is 71.8 Å². The summed E-state index contributed by atoms with van der Waals surface area (Å²) in [6, 6.07) is 20.5. The van der Waals surface area contributed by atoms with Gasteiger partial charge < -0.3 is 28.7 Å². The number of aliphatic hydroxyl groups is 2. The van der Waals surface area contributed by atoms with E-state index in [2.05, 4.69) is 35.0 Å². The topological polar surface area (TPSA) is 93.1 Å². The molecule has 8 heteroatoms. The lowest BCUT2D eigenvalue weighted by atomic mass is 9.80. The van der Waals surface area contributed by atoms with Gasteiger partial charge in [-0.15, -0.1) is 0 Å². The summed E-state index contributed by atoms with van der Waals surface area (Å²) in [6.45, 7) is 6.22. The predicted molar refractivity (Wildman–Crippen MR) is 182 cm³/mol. The van der Waals surface area contributed by atoms with Crippen LogP contribution < -0.4 is 0 Å². The van der Waals surface area contributed by atoms with E-state index in [0.29, 0.717) is 23.7 Å². The number of likely N-dealkylation sites (tertiary alicyclic amines) is 1. The van der Waals surface area contributed by atoms with Crippen LogP contribution in [0.5, 0.6) is 0 Å². The molecule has 1 saturated carbocycles. The average molecular weight is 651 g/mol. The number of fused-ring (bicyclic) bond motifs is 2. The second-order valence-corrected chi connectivity index (χ2v) is 15.6. The third-order valence-electron chi connectivity index (χ3n) is 12.0. The molecule has 3 aliphatic heterocycles. The molecule has 0 amide bonds. The maximum absolute atomic E-state index is 12.9. The van der Waals surface area contributed by atoms with Gasteiger partial charge >= 0.3 is 11.9 Å². The van der Waals surface area contributed by atoms with Crippen molar-refractivity contribution < 1.29 is 38.2 Å². The number of benzene rings is 2. The molecule has 7 atom stereocenters. The minimum atomic E-state index is -1.50. The first-order valence-corrected chi connectivity index (χ1v) is 17.9. The number of nitrogens with zero attached hydrogens (tertiary/aromatic N) is 2. The van der Waals surface area contributed by atoms with Crippen molar-refractivity contribution in [2.75, 3.05) is 40.8 Å². The van der Waals surface area contributed by atoms with E-state index in [-0.39, 0.29) is 30.7 Å². The minimum absolute atomic E-state index is 0.00212. The van der Waals surface area contributed by atoms with Crippen molar-refractivity contribution >= 4 is 11.9 Å². The zero-order valence-electron chi connectivity index (χ0n) is 29.2. The Morgan fingerprint density at radius 1 is 0.830 bits per heavy atom. The number of carbonyl (C=O) groups excluding carboxylic acids is 2. The van der Waals surface area contributed by atoms with Gasteiger partial charge in [-0.1, -0.05) is 73.5 Å². The lowest BCUT2D eigenvalue weighted by Gasteiger charge is -2.49. The highest BCUT2D eigenvalue weighted by atomic mass is 16.6.